The van der Waals surface area contributed by atoms with Crippen LogP contribution >= 0.6 is 11.6 Å². The number of amides is 1. The number of sulfonamides is 1. The number of nitrogens with zero attached hydrogens (tertiary/aromatic N) is 2. The second-order valence-corrected chi connectivity index (χ2v) is 5.98. The second kappa shape index (κ2) is 6.06. The molecular formula is C12H11ClN4O3S. The largest absolute Gasteiger partial charge is 0.355 e. The maximum atomic E-state index is 12.1. The van der Waals surface area contributed by atoms with Crippen LogP contribution in [0.15, 0.2) is 41.4 Å². The molecule has 1 aromatic carbocycles. The van der Waals surface area contributed by atoms with Crippen LogP contribution in [0.1, 0.15) is 10.4 Å². The maximum absolute atomic E-state index is 12.1. The fourth-order valence-electron chi connectivity index (χ4n) is 1.49. The Kier molecular flexibility index (Phi) is 4.39. The molecule has 2 rings (SSSR count). The zero-order valence-corrected chi connectivity index (χ0v) is 12.4. The van der Waals surface area contributed by atoms with Gasteiger partial charge in [0.2, 0.25) is 5.95 Å². The van der Waals surface area contributed by atoms with E-state index in [2.05, 4.69) is 20.0 Å². The normalized spacial score (nSPS) is 11.0. The number of carbonyl (C=O) groups is 1. The summed E-state index contributed by atoms with van der Waals surface area (Å²) in [4.78, 5) is 18.9. The van der Waals surface area contributed by atoms with Crippen LogP contribution in [-0.2, 0) is 10.0 Å². The maximum Gasteiger partial charge on any atom is 0.264 e. The summed E-state index contributed by atoms with van der Waals surface area (Å²) in [5.74, 6) is -0.428. The van der Waals surface area contributed by atoms with Crippen molar-refractivity contribution < 1.29 is 13.2 Å². The molecule has 0 radical (unpaired) electrons. The number of benzene rings is 1. The Hall–Kier alpha value is -2.19. The van der Waals surface area contributed by atoms with Crippen molar-refractivity contribution in [2.45, 2.75) is 4.90 Å². The van der Waals surface area contributed by atoms with Crippen LogP contribution in [0.25, 0.3) is 0 Å². The minimum Gasteiger partial charge on any atom is -0.355 e. The lowest BCUT2D eigenvalue weighted by Gasteiger charge is -2.07. The monoisotopic (exact) mass is 326 g/mol. The number of hydrogen-bond donors (Lipinski definition) is 2. The van der Waals surface area contributed by atoms with Gasteiger partial charge in [0.25, 0.3) is 15.9 Å². The predicted molar refractivity (Wildman–Crippen MR) is 77.7 cm³/mol. The Bertz CT molecular complexity index is 762. The van der Waals surface area contributed by atoms with E-state index in [4.69, 9.17) is 11.6 Å². The number of aromatic nitrogens is 2. The van der Waals surface area contributed by atoms with E-state index in [1.165, 1.54) is 43.6 Å². The Morgan fingerprint density at radius 3 is 2.43 bits per heavy atom. The molecule has 2 N–H and O–H groups in total. The van der Waals surface area contributed by atoms with E-state index in [-0.39, 0.29) is 21.9 Å². The van der Waals surface area contributed by atoms with Crippen molar-refractivity contribution in [3.63, 3.8) is 0 Å². The molecule has 0 atom stereocenters. The van der Waals surface area contributed by atoms with Crippen molar-refractivity contribution in [2.24, 2.45) is 0 Å². The van der Waals surface area contributed by atoms with Crippen LogP contribution < -0.4 is 10.0 Å². The van der Waals surface area contributed by atoms with Gasteiger partial charge in [-0.15, -0.1) is 0 Å². The summed E-state index contributed by atoms with van der Waals surface area (Å²) in [6, 6.07) is 6.88. The van der Waals surface area contributed by atoms with Gasteiger partial charge in [0.05, 0.1) is 4.90 Å². The predicted octanol–water partition coefficient (Wildman–Crippen LogP) is 1.29. The first-order valence-corrected chi connectivity index (χ1v) is 7.62. The first-order chi connectivity index (χ1) is 9.92. The molecule has 0 aliphatic carbocycles. The molecule has 110 valence electrons. The standard InChI is InChI=1S/C12H11ClN4O3S/c1-14-11(18)8-2-4-9(5-3-8)21(19,20)17-12-15-7-6-10(13)16-12/h2-7H,1H3,(H,14,18)(H,15,16,17). The van der Waals surface area contributed by atoms with Crippen LogP contribution in [0.4, 0.5) is 5.95 Å². The second-order valence-electron chi connectivity index (χ2n) is 3.91. The zero-order chi connectivity index (χ0) is 15.5. The minimum atomic E-state index is -3.84. The summed E-state index contributed by atoms with van der Waals surface area (Å²) in [5, 5.41) is 2.57. The molecule has 9 heteroatoms. The Morgan fingerprint density at radius 2 is 1.86 bits per heavy atom. The molecule has 1 amide bonds. The highest BCUT2D eigenvalue weighted by atomic mass is 35.5. The fraction of sp³-hybridized carbons (Fsp3) is 0.0833. The molecule has 0 saturated heterocycles. The van der Waals surface area contributed by atoms with Crippen molar-refractivity contribution in [1.82, 2.24) is 15.3 Å². The smallest absolute Gasteiger partial charge is 0.264 e. The first kappa shape index (κ1) is 15.2. The molecule has 7 nitrogen and oxygen atoms in total. The SMILES string of the molecule is CNC(=O)c1ccc(S(=O)(=O)Nc2nccc(Cl)n2)cc1. The number of anilines is 1. The van der Waals surface area contributed by atoms with E-state index in [0.29, 0.717) is 5.56 Å². The van der Waals surface area contributed by atoms with Gasteiger partial charge in [0, 0.05) is 18.8 Å². The highest BCUT2D eigenvalue weighted by Gasteiger charge is 2.16. The number of rotatable bonds is 4. The van der Waals surface area contributed by atoms with E-state index < -0.39 is 10.0 Å². The van der Waals surface area contributed by atoms with E-state index in [0.717, 1.165) is 0 Å². The molecule has 0 unspecified atom stereocenters. The molecule has 2 aromatic rings. The Morgan fingerprint density at radius 1 is 1.19 bits per heavy atom. The van der Waals surface area contributed by atoms with Crippen molar-refractivity contribution >= 4 is 33.5 Å². The lowest BCUT2D eigenvalue weighted by molar-refractivity contribution is 0.0963. The van der Waals surface area contributed by atoms with Gasteiger partial charge in [-0.25, -0.2) is 23.1 Å². The zero-order valence-electron chi connectivity index (χ0n) is 10.9. The summed E-state index contributed by atoms with van der Waals surface area (Å²) in [6.07, 6.45) is 1.34. The van der Waals surface area contributed by atoms with Crippen molar-refractivity contribution in [2.75, 3.05) is 11.8 Å². The average molecular weight is 327 g/mol. The Balaban J connectivity index is 2.25. The highest BCUT2D eigenvalue weighted by molar-refractivity contribution is 7.92. The Labute approximate surface area is 126 Å². The third-order valence-electron chi connectivity index (χ3n) is 2.50. The van der Waals surface area contributed by atoms with Gasteiger partial charge < -0.3 is 5.32 Å². The number of hydrogen-bond acceptors (Lipinski definition) is 5. The molecule has 0 saturated carbocycles. The summed E-state index contributed by atoms with van der Waals surface area (Å²) < 4.78 is 26.5. The van der Waals surface area contributed by atoms with Crippen LogP contribution in [0.3, 0.4) is 0 Å². The summed E-state index contributed by atoms with van der Waals surface area (Å²) in [7, 11) is -2.35. The van der Waals surface area contributed by atoms with Crippen molar-refractivity contribution in [3.8, 4) is 0 Å². The van der Waals surface area contributed by atoms with Gasteiger partial charge in [-0.1, -0.05) is 11.6 Å². The van der Waals surface area contributed by atoms with Crippen molar-refractivity contribution in [3.05, 3.63) is 47.2 Å². The number of halogens is 1. The fourth-order valence-corrected chi connectivity index (χ4v) is 2.58. The third-order valence-corrected chi connectivity index (χ3v) is 4.06. The first-order valence-electron chi connectivity index (χ1n) is 5.76. The minimum absolute atomic E-state index is 0.0151. The molecule has 1 aromatic heterocycles. The van der Waals surface area contributed by atoms with Gasteiger partial charge >= 0.3 is 0 Å². The highest BCUT2D eigenvalue weighted by Crippen LogP contribution is 2.15. The molecular weight excluding hydrogens is 316 g/mol. The van der Waals surface area contributed by atoms with E-state index in [9.17, 15) is 13.2 Å². The van der Waals surface area contributed by atoms with Gasteiger partial charge in [-0.3, -0.25) is 4.79 Å². The van der Waals surface area contributed by atoms with E-state index >= 15 is 0 Å². The lowest BCUT2D eigenvalue weighted by atomic mass is 10.2. The van der Waals surface area contributed by atoms with Gasteiger partial charge in [-0.2, -0.15) is 0 Å². The summed E-state index contributed by atoms with van der Waals surface area (Å²) in [6.45, 7) is 0. The van der Waals surface area contributed by atoms with Crippen molar-refractivity contribution in [1.29, 1.82) is 0 Å². The van der Waals surface area contributed by atoms with Gasteiger partial charge in [0.15, 0.2) is 0 Å². The van der Waals surface area contributed by atoms with Crippen LogP contribution in [0.5, 0.6) is 0 Å². The number of carbonyl (C=O) groups excluding carboxylic acids is 1. The van der Waals surface area contributed by atoms with E-state index in [1.54, 1.807) is 0 Å². The molecule has 0 bridgehead atoms. The van der Waals surface area contributed by atoms with Crippen LogP contribution in [0, 0.1) is 0 Å². The summed E-state index contributed by atoms with van der Waals surface area (Å²) >= 11 is 5.66. The van der Waals surface area contributed by atoms with Gasteiger partial charge in [-0.05, 0) is 30.3 Å². The van der Waals surface area contributed by atoms with Crippen LogP contribution in [-0.4, -0.2) is 31.3 Å². The molecule has 21 heavy (non-hydrogen) atoms. The lowest BCUT2D eigenvalue weighted by Crippen LogP contribution is -2.18. The molecule has 0 spiro atoms. The molecule has 0 aliphatic rings. The number of nitrogens with one attached hydrogen (secondary N) is 2. The van der Waals surface area contributed by atoms with Crippen LogP contribution in [0.2, 0.25) is 5.15 Å². The van der Waals surface area contributed by atoms with Gasteiger partial charge in [0.1, 0.15) is 5.15 Å². The third kappa shape index (κ3) is 3.67. The molecule has 0 fully saturated rings. The summed E-state index contributed by atoms with van der Waals surface area (Å²) in [5.41, 5.74) is 0.357. The molecule has 0 aliphatic heterocycles. The topological polar surface area (TPSA) is 101 Å². The average Bonchev–Trinajstić information content (AvgIpc) is 2.46. The quantitative estimate of drug-likeness (QED) is 0.824. The molecule has 1 heterocycles. The van der Waals surface area contributed by atoms with E-state index in [1.807, 2.05) is 0 Å².